The largest absolute Gasteiger partial charge is 0.494 e. The molecule has 0 aliphatic carbocycles. The molecule has 0 N–H and O–H groups in total. The SMILES string of the molecule is CC1CC(C)CN(CCCOc2ccc(C#N)cc2)C1.CCC(=O)c1ccc(OCCCN2CCC(C)CC2)cc1.CCC(=O)c1ccc(OCCCN2CCCCC2C)cc1.CCC1CCC(C)N(CCCOc2ccc(C#N)cc2)C1.CCC1CCC(C)N(CCCOc2ccc(C#N)cc2)C1. The maximum Gasteiger partial charge on any atom is 0.162 e. The van der Waals surface area contributed by atoms with E-state index in [1.54, 1.807) is 36.4 Å². The topological polar surface area (TPSA) is 168 Å². The summed E-state index contributed by atoms with van der Waals surface area (Å²) in [5, 5.41) is 26.2. The van der Waals surface area contributed by atoms with Gasteiger partial charge in [-0.3, -0.25) is 9.59 Å². The van der Waals surface area contributed by atoms with Crippen molar-refractivity contribution in [3.8, 4) is 47.0 Å². The van der Waals surface area contributed by atoms with E-state index >= 15 is 0 Å². The minimum absolute atomic E-state index is 0.181. The summed E-state index contributed by atoms with van der Waals surface area (Å²) in [7, 11) is 0. The van der Waals surface area contributed by atoms with Crippen LogP contribution in [0.25, 0.3) is 0 Å². The number of nitrogens with zero attached hydrogens (tertiary/aromatic N) is 8. The fourth-order valence-corrected chi connectivity index (χ4v) is 14.7. The van der Waals surface area contributed by atoms with Gasteiger partial charge in [0.1, 0.15) is 28.7 Å². The quantitative estimate of drug-likeness (QED) is 0.0303. The summed E-state index contributed by atoms with van der Waals surface area (Å²) in [4.78, 5) is 36.0. The number of nitriles is 3. The molecule has 5 saturated heterocycles. The van der Waals surface area contributed by atoms with Gasteiger partial charge in [-0.15, -0.1) is 0 Å². The predicted molar refractivity (Wildman–Crippen MR) is 423 cm³/mol. The van der Waals surface area contributed by atoms with E-state index in [-0.39, 0.29) is 11.6 Å². The lowest BCUT2D eigenvalue weighted by Gasteiger charge is -2.37. The summed E-state index contributed by atoms with van der Waals surface area (Å²) in [6.45, 7) is 40.3. The Hall–Kier alpha value is -7.29. The molecule has 568 valence electrons. The van der Waals surface area contributed by atoms with Gasteiger partial charge in [-0.25, -0.2) is 0 Å². The Kier molecular flexibility index (Phi) is 40.8. The summed E-state index contributed by atoms with van der Waals surface area (Å²) < 4.78 is 28.7. The molecular weight excluding hydrogens is 1290 g/mol. The molecule has 5 aliphatic heterocycles. The van der Waals surface area contributed by atoms with Gasteiger partial charge in [0.25, 0.3) is 0 Å². The van der Waals surface area contributed by atoms with Crippen molar-refractivity contribution in [3.63, 3.8) is 0 Å². The first-order valence-electron chi connectivity index (χ1n) is 40.1. The Labute approximate surface area is 628 Å². The first-order chi connectivity index (χ1) is 50.5. The van der Waals surface area contributed by atoms with Crippen molar-refractivity contribution < 1.29 is 33.3 Å². The first-order valence-corrected chi connectivity index (χ1v) is 40.1. The summed E-state index contributed by atoms with van der Waals surface area (Å²) >= 11 is 0. The Balaban J connectivity index is 0.000000204. The summed E-state index contributed by atoms with van der Waals surface area (Å²) in [5.41, 5.74) is 3.57. The lowest BCUT2D eigenvalue weighted by molar-refractivity contribution is 0.0980. The molecule has 0 radical (unpaired) electrons. The van der Waals surface area contributed by atoms with Crippen molar-refractivity contribution in [3.05, 3.63) is 149 Å². The van der Waals surface area contributed by atoms with Crippen LogP contribution in [0, 0.1) is 63.6 Å². The number of hydrogen-bond donors (Lipinski definition) is 0. The molecule has 5 aliphatic rings. The monoisotopic (exact) mass is 1420 g/mol. The molecule has 0 spiro atoms. The van der Waals surface area contributed by atoms with E-state index in [1.807, 2.05) is 98.8 Å². The van der Waals surface area contributed by atoms with Gasteiger partial charge in [0.05, 0.1) is 67.9 Å². The zero-order valence-electron chi connectivity index (χ0n) is 65.6. The molecule has 5 heterocycles. The van der Waals surface area contributed by atoms with Crippen LogP contribution in [0.15, 0.2) is 121 Å². The van der Waals surface area contributed by atoms with Crippen molar-refractivity contribution in [1.82, 2.24) is 24.5 Å². The van der Waals surface area contributed by atoms with E-state index in [4.69, 9.17) is 39.5 Å². The molecule has 104 heavy (non-hydrogen) atoms. The van der Waals surface area contributed by atoms with Crippen LogP contribution in [0.5, 0.6) is 28.7 Å². The number of ketones is 2. The predicted octanol–water partition coefficient (Wildman–Crippen LogP) is 18.7. The molecule has 7 atom stereocenters. The molecule has 15 nitrogen and oxygen atoms in total. The van der Waals surface area contributed by atoms with Crippen LogP contribution in [0.3, 0.4) is 0 Å². The van der Waals surface area contributed by atoms with Gasteiger partial charge < -0.3 is 48.2 Å². The highest BCUT2D eigenvalue weighted by Gasteiger charge is 2.26. The Bertz CT molecular complexity index is 3170. The molecule has 5 aromatic rings. The van der Waals surface area contributed by atoms with Crippen LogP contribution in [-0.2, 0) is 0 Å². The molecule has 0 saturated carbocycles. The van der Waals surface area contributed by atoms with Gasteiger partial charge in [0, 0.05) is 101 Å². The highest BCUT2D eigenvalue weighted by Crippen LogP contribution is 2.28. The van der Waals surface area contributed by atoms with E-state index < -0.39 is 0 Å². The second kappa shape index (κ2) is 49.5. The third-order valence-electron chi connectivity index (χ3n) is 21.4. The van der Waals surface area contributed by atoms with Crippen LogP contribution >= 0.6 is 0 Å². The third kappa shape index (κ3) is 33.0. The fraction of sp³-hybridized carbons (Fsp3) is 0.607. The van der Waals surface area contributed by atoms with E-state index in [1.165, 1.54) is 123 Å². The molecule has 10 rings (SSSR count). The number of ether oxygens (including phenoxy) is 5. The number of hydrogen-bond acceptors (Lipinski definition) is 15. The van der Waals surface area contributed by atoms with Crippen molar-refractivity contribution in [2.45, 2.75) is 209 Å². The van der Waals surface area contributed by atoms with Gasteiger partial charge in [-0.1, -0.05) is 67.7 Å². The standard InChI is InChI=1S/2C18H26N2O.2C18H27NO2.C17H24N2O/c2*1-3-16-6-5-15(2)20(14-16)11-4-12-21-18-9-7-17(13-19)8-10-18;1-3-18(20)16-5-7-17(8-6-16)21-14-4-11-19-12-9-15(2)10-13-19;1-3-18(20)16-8-10-17(11-9-16)21-14-6-13-19-12-5-4-7-15(19)2;1-14-10-15(2)13-19(12-14)8-3-9-20-17-6-4-16(11-18)5-7-17/h2*7-10,15-16H,3-6,11-12,14H2,1-2H3;5-8,15H,3-4,9-14H2,1-2H3;8-11,15H,3-7,12-14H2,1-2H3;4-7,14-15H,3,8-10,12-13H2,1-2H3. The molecule has 7 unspecified atom stereocenters. The molecule has 5 aromatic carbocycles. The van der Waals surface area contributed by atoms with Crippen LogP contribution in [0.1, 0.15) is 229 Å². The average molecular weight is 1420 g/mol. The number of benzene rings is 5. The smallest absolute Gasteiger partial charge is 0.162 e. The highest BCUT2D eigenvalue weighted by molar-refractivity contribution is 5.96. The average Bonchev–Trinajstić information content (AvgIpc) is 0.884. The molecule has 15 heteroatoms. The number of Topliss-reactive ketones (excluding diaryl/α,β-unsaturated/α-hetero) is 2. The van der Waals surface area contributed by atoms with Crippen LogP contribution in [0.4, 0.5) is 0 Å². The summed E-state index contributed by atoms with van der Waals surface area (Å²) in [6.07, 6.45) is 22.4. The Morgan fingerprint density at radius 2 is 0.692 bits per heavy atom. The minimum Gasteiger partial charge on any atom is -0.494 e. The van der Waals surface area contributed by atoms with Crippen molar-refractivity contribution >= 4 is 11.6 Å². The van der Waals surface area contributed by atoms with Gasteiger partial charge >= 0.3 is 0 Å². The van der Waals surface area contributed by atoms with Crippen LogP contribution < -0.4 is 23.7 Å². The number of rotatable bonds is 31. The molecule has 0 bridgehead atoms. The first kappa shape index (κ1) is 85.6. The minimum atomic E-state index is 0.181. The number of carbonyl (C=O) groups is 2. The van der Waals surface area contributed by atoms with Crippen LogP contribution in [-0.4, -0.2) is 166 Å². The zero-order chi connectivity index (χ0) is 74.7. The van der Waals surface area contributed by atoms with E-state index in [2.05, 4.69) is 98.1 Å². The van der Waals surface area contributed by atoms with Gasteiger partial charge in [0.2, 0.25) is 0 Å². The normalized spacial score (nSPS) is 21.0. The maximum atomic E-state index is 11.5. The van der Waals surface area contributed by atoms with E-state index in [0.29, 0.717) is 41.6 Å². The summed E-state index contributed by atoms with van der Waals surface area (Å²) in [6, 6.07) is 45.5. The van der Waals surface area contributed by atoms with Crippen molar-refractivity contribution in [2.24, 2.45) is 29.6 Å². The number of piperidine rings is 5. The Morgan fingerprint density at radius 1 is 0.365 bits per heavy atom. The van der Waals surface area contributed by atoms with Crippen molar-refractivity contribution in [1.29, 1.82) is 15.8 Å². The lowest BCUT2D eigenvalue weighted by atomic mass is 9.91. The number of carbonyl (C=O) groups excluding carboxylic acids is 2. The fourth-order valence-electron chi connectivity index (χ4n) is 14.7. The second-order valence-electron chi connectivity index (χ2n) is 30.0. The summed E-state index contributed by atoms with van der Waals surface area (Å²) in [5.74, 6) is 8.91. The van der Waals surface area contributed by atoms with Gasteiger partial charge in [0.15, 0.2) is 11.6 Å². The highest BCUT2D eigenvalue weighted by atomic mass is 16.5. The zero-order valence-corrected chi connectivity index (χ0v) is 65.6. The number of likely N-dealkylation sites (tertiary alicyclic amines) is 5. The van der Waals surface area contributed by atoms with E-state index in [9.17, 15) is 9.59 Å². The van der Waals surface area contributed by atoms with E-state index in [0.717, 1.165) is 173 Å². The van der Waals surface area contributed by atoms with Crippen molar-refractivity contribution in [2.75, 3.05) is 112 Å². The maximum absolute atomic E-state index is 11.5. The lowest BCUT2D eigenvalue weighted by Crippen LogP contribution is -2.42. The molecule has 0 aromatic heterocycles. The van der Waals surface area contributed by atoms with Crippen LogP contribution in [0.2, 0.25) is 0 Å². The third-order valence-corrected chi connectivity index (χ3v) is 21.4. The Morgan fingerprint density at radius 3 is 1.03 bits per heavy atom. The molecular formula is C89H130N8O7. The molecule has 0 amide bonds. The molecule has 5 fully saturated rings. The van der Waals surface area contributed by atoms with Gasteiger partial charge in [-0.2, -0.15) is 15.8 Å². The van der Waals surface area contributed by atoms with Gasteiger partial charge in [-0.05, 0) is 281 Å². The second-order valence-corrected chi connectivity index (χ2v) is 30.0.